The molecule has 3 fully saturated rings. The number of amides is 1. The van der Waals surface area contributed by atoms with Gasteiger partial charge in [-0.15, -0.1) is 11.8 Å². The lowest BCUT2D eigenvalue weighted by molar-refractivity contribution is -0.117. The highest BCUT2D eigenvalue weighted by Crippen LogP contribution is 2.55. The lowest BCUT2D eigenvalue weighted by Crippen LogP contribution is -2.47. The molecule has 1 aromatic carbocycles. The SMILES string of the molecule is CN1CCC2(CC1)CC(Sc1ccc(Nc3ncc4c(n3)NC(=O)C43CC3)cc1)C2. The first kappa shape index (κ1) is 18.6. The van der Waals surface area contributed by atoms with E-state index in [0.29, 0.717) is 17.2 Å². The summed E-state index contributed by atoms with van der Waals surface area (Å²) in [4.78, 5) is 24.9. The summed E-state index contributed by atoms with van der Waals surface area (Å²) in [6.45, 7) is 2.51. The molecule has 4 aliphatic rings. The van der Waals surface area contributed by atoms with Crippen LogP contribution in [-0.4, -0.2) is 46.2 Å². The Bertz CT molecular complexity index is 987. The maximum atomic E-state index is 12.1. The fourth-order valence-electron chi connectivity index (χ4n) is 5.29. The van der Waals surface area contributed by atoms with Gasteiger partial charge < -0.3 is 15.5 Å². The van der Waals surface area contributed by atoms with Gasteiger partial charge in [-0.3, -0.25) is 4.79 Å². The van der Waals surface area contributed by atoms with Gasteiger partial charge in [0.25, 0.3) is 0 Å². The van der Waals surface area contributed by atoms with Gasteiger partial charge in [0.2, 0.25) is 11.9 Å². The lowest BCUT2D eigenvalue weighted by Gasteiger charge is -2.51. The summed E-state index contributed by atoms with van der Waals surface area (Å²) in [5.41, 5.74) is 2.21. The Morgan fingerprint density at radius 3 is 2.57 bits per heavy atom. The van der Waals surface area contributed by atoms with Crippen molar-refractivity contribution in [2.75, 3.05) is 30.8 Å². The molecular weight excluding hydrogens is 394 g/mol. The summed E-state index contributed by atoms with van der Waals surface area (Å²) < 4.78 is 0. The van der Waals surface area contributed by atoms with Crippen LogP contribution in [0.3, 0.4) is 0 Å². The highest BCUT2D eigenvalue weighted by molar-refractivity contribution is 8.00. The number of fused-ring (bicyclic) bond motifs is 2. The highest BCUT2D eigenvalue weighted by Gasteiger charge is 2.57. The summed E-state index contributed by atoms with van der Waals surface area (Å²) >= 11 is 2.02. The molecule has 7 heteroatoms. The third-order valence-corrected chi connectivity index (χ3v) is 8.71. The van der Waals surface area contributed by atoms with Gasteiger partial charge in [-0.25, -0.2) is 4.98 Å². The molecular formula is C23H27N5OS. The Kier molecular flexibility index (Phi) is 4.15. The maximum Gasteiger partial charge on any atom is 0.236 e. The molecule has 0 bridgehead atoms. The van der Waals surface area contributed by atoms with E-state index < -0.39 is 0 Å². The zero-order chi connectivity index (χ0) is 20.3. The number of anilines is 3. The van der Waals surface area contributed by atoms with Gasteiger partial charge in [-0.05, 0) is 88.3 Å². The van der Waals surface area contributed by atoms with Crippen LogP contribution in [0.5, 0.6) is 0 Å². The molecule has 156 valence electrons. The zero-order valence-electron chi connectivity index (χ0n) is 17.3. The number of rotatable bonds is 4. The summed E-state index contributed by atoms with van der Waals surface area (Å²) in [5.74, 6) is 1.26. The predicted molar refractivity (Wildman–Crippen MR) is 119 cm³/mol. The maximum absolute atomic E-state index is 12.1. The minimum atomic E-state index is -0.333. The number of hydrogen-bond acceptors (Lipinski definition) is 6. The second kappa shape index (κ2) is 6.69. The molecule has 0 unspecified atom stereocenters. The quantitative estimate of drug-likeness (QED) is 0.772. The second-order valence-corrected chi connectivity index (χ2v) is 11.0. The molecule has 1 saturated heterocycles. The number of benzene rings is 1. The van der Waals surface area contributed by atoms with Crippen LogP contribution in [0.25, 0.3) is 0 Å². The van der Waals surface area contributed by atoms with Crippen molar-refractivity contribution in [2.45, 2.75) is 54.1 Å². The topological polar surface area (TPSA) is 70.2 Å². The average molecular weight is 422 g/mol. The summed E-state index contributed by atoms with van der Waals surface area (Å²) in [7, 11) is 2.24. The molecule has 2 N–H and O–H groups in total. The van der Waals surface area contributed by atoms with Crippen molar-refractivity contribution in [3.05, 3.63) is 36.0 Å². The van der Waals surface area contributed by atoms with Crippen molar-refractivity contribution in [1.82, 2.24) is 14.9 Å². The Morgan fingerprint density at radius 2 is 1.87 bits per heavy atom. The number of aromatic nitrogens is 2. The first-order valence-corrected chi connectivity index (χ1v) is 11.8. The number of carbonyl (C=O) groups is 1. The van der Waals surface area contributed by atoms with Crippen LogP contribution in [0.1, 0.15) is 44.1 Å². The van der Waals surface area contributed by atoms with Crippen LogP contribution >= 0.6 is 11.8 Å². The molecule has 30 heavy (non-hydrogen) atoms. The van der Waals surface area contributed by atoms with Gasteiger partial charge in [0.15, 0.2) is 0 Å². The van der Waals surface area contributed by atoms with Gasteiger partial charge >= 0.3 is 0 Å². The van der Waals surface area contributed by atoms with Crippen LogP contribution in [0.15, 0.2) is 35.4 Å². The van der Waals surface area contributed by atoms with Crippen LogP contribution < -0.4 is 10.6 Å². The Morgan fingerprint density at radius 1 is 1.13 bits per heavy atom. The molecule has 2 saturated carbocycles. The molecule has 2 aliphatic heterocycles. The Balaban J connectivity index is 1.06. The number of likely N-dealkylation sites (tertiary alicyclic amines) is 1. The van der Waals surface area contributed by atoms with Gasteiger partial charge in [-0.1, -0.05) is 0 Å². The number of hydrogen-bond donors (Lipinski definition) is 2. The minimum Gasteiger partial charge on any atom is -0.324 e. The van der Waals surface area contributed by atoms with Crippen LogP contribution in [0.2, 0.25) is 0 Å². The zero-order valence-corrected chi connectivity index (χ0v) is 18.1. The molecule has 1 amide bonds. The third kappa shape index (κ3) is 3.10. The first-order valence-electron chi connectivity index (χ1n) is 11.0. The second-order valence-electron chi connectivity index (χ2n) is 9.59. The van der Waals surface area contributed by atoms with Crippen LogP contribution in [-0.2, 0) is 10.2 Å². The van der Waals surface area contributed by atoms with Gasteiger partial charge in [0, 0.05) is 27.6 Å². The third-order valence-electron chi connectivity index (χ3n) is 7.50. The number of nitrogens with zero attached hydrogens (tertiary/aromatic N) is 3. The molecule has 3 heterocycles. The van der Waals surface area contributed by atoms with Crippen molar-refractivity contribution in [3.8, 4) is 0 Å². The van der Waals surface area contributed by atoms with E-state index in [1.54, 1.807) is 6.20 Å². The van der Waals surface area contributed by atoms with Crippen LogP contribution in [0, 0.1) is 5.41 Å². The summed E-state index contributed by atoms with van der Waals surface area (Å²) in [5, 5.41) is 6.93. The fourth-order valence-corrected chi connectivity index (χ4v) is 6.84. The van der Waals surface area contributed by atoms with Crippen molar-refractivity contribution in [1.29, 1.82) is 0 Å². The Hall–Kier alpha value is -2.12. The van der Waals surface area contributed by atoms with E-state index >= 15 is 0 Å². The van der Waals surface area contributed by atoms with Gasteiger partial charge in [0.1, 0.15) is 5.82 Å². The molecule has 6 nitrogen and oxygen atoms in total. The highest BCUT2D eigenvalue weighted by atomic mass is 32.2. The van der Waals surface area contributed by atoms with Gasteiger partial charge in [0.05, 0.1) is 5.41 Å². The van der Waals surface area contributed by atoms with E-state index in [1.807, 2.05) is 11.8 Å². The molecule has 0 radical (unpaired) electrons. The molecule has 2 aromatic rings. The van der Waals surface area contributed by atoms with Crippen molar-refractivity contribution < 1.29 is 4.79 Å². The molecule has 2 aliphatic carbocycles. The number of carbonyl (C=O) groups excluding carboxylic acids is 1. The van der Waals surface area contributed by atoms with E-state index in [9.17, 15) is 4.79 Å². The smallest absolute Gasteiger partial charge is 0.236 e. The average Bonchev–Trinajstić information content (AvgIpc) is 3.47. The Labute approximate surface area is 181 Å². The van der Waals surface area contributed by atoms with Crippen LogP contribution in [0.4, 0.5) is 17.5 Å². The van der Waals surface area contributed by atoms with E-state index in [0.717, 1.165) is 29.3 Å². The standard InChI is InChI=1S/C23H27N5OS/c1-28-10-8-22(9-11-28)12-17(13-22)30-16-4-2-15(3-5-16)25-21-24-14-18-19(27-21)26-20(29)23(18)6-7-23/h2-5,14,17H,6-13H2,1H3,(H2,24,25,26,27,29). The van der Waals surface area contributed by atoms with E-state index in [4.69, 9.17) is 0 Å². The number of nitrogens with one attached hydrogen (secondary N) is 2. The number of piperidine rings is 1. The molecule has 2 spiro atoms. The minimum absolute atomic E-state index is 0.0725. The van der Waals surface area contributed by atoms with E-state index in [2.05, 4.69) is 56.8 Å². The van der Waals surface area contributed by atoms with E-state index in [-0.39, 0.29) is 11.3 Å². The predicted octanol–water partition coefficient (Wildman–Crippen LogP) is 4.17. The molecule has 0 atom stereocenters. The normalized spacial score (nSPS) is 23.8. The van der Waals surface area contributed by atoms with E-state index in [1.165, 1.54) is 43.7 Å². The lowest BCUT2D eigenvalue weighted by atomic mass is 9.63. The summed E-state index contributed by atoms with van der Waals surface area (Å²) in [6.07, 6.45) is 9.07. The monoisotopic (exact) mass is 421 g/mol. The van der Waals surface area contributed by atoms with Crippen molar-refractivity contribution >= 4 is 35.1 Å². The van der Waals surface area contributed by atoms with Crippen molar-refractivity contribution in [2.24, 2.45) is 5.41 Å². The fraction of sp³-hybridized carbons (Fsp3) is 0.522. The summed E-state index contributed by atoms with van der Waals surface area (Å²) in [6, 6.07) is 8.54. The largest absolute Gasteiger partial charge is 0.324 e. The molecule has 1 aromatic heterocycles. The van der Waals surface area contributed by atoms with Gasteiger partial charge in [-0.2, -0.15) is 4.98 Å². The first-order chi connectivity index (χ1) is 14.5. The van der Waals surface area contributed by atoms with Crippen molar-refractivity contribution in [3.63, 3.8) is 0 Å². The number of thioether (sulfide) groups is 1. The molecule has 6 rings (SSSR count).